The molecule has 1 aliphatic heterocycles. The van der Waals surface area contributed by atoms with Crippen LogP contribution in [0.3, 0.4) is 0 Å². The molecule has 12 heteroatoms. The molecular formula is C21H22F3N3O5S. The lowest BCUT2D eigenvalue weighted by Crippen LogP contribution is -2.45. The number of sulfone groups is 1. The Bertz CT molecular complexity index is 1140. The zero-order chi connectivity index (χ0) is 24.2. The van der Waals surface area contributed by atoms with Gasteiger partial charge in [-0.3, -0.25) is 4.79 Å². The van der Waals surface area contributed by atoms with Crippen LogP contribution >= 0.6 is 0 Å². The van der Waals surface area contributed by atoms with Crippen LogP contribution in [0, 0.1) is 16.7 Å². The first-order chi connectivity index (χ1) is 15.3. The molecule has 2 amide bonds. The highest BCUT2D eigenvalue weighted by atomic mass is 32.2. The number of hydrogen-bond donors (Lipinski definition) is 1. The molecule has 1 heterocycles. The van der Waals surface area contributed by atoms with Gasteiger partial charge in [0.2, 0.25) is 5.91 Å². The molecule has 178 valence electrons. The molecule has 0 radical (unpaired) electrons. The fraction of sp³-hybridized carbons (Fsp3) is 0.571. The molecule has 1 N–H and O–H groups in total. The molecule has 2 aliphatic carbocycles. The van der Waals surface area contributed by atoms with Crippen LogP contribution in [0.1, 0.15) is 44.6 Å². The van der Waals surface area contributed by atoms with Crippen molar-refractivity contribution in [2.24, 2.45) is 5.41 Å². The number of ether oxygens (including phenoxy) is 1. The van der Waals surface area contributed by atoms with Gasteiger partial charge in [-0.05, 0) is 37.8 Å². The molecule has 3 fully saturated rings. The average molecular weight is 485 g/mol. The van der Waals surface area contributed by atoms with Gasteiger partial charge in [-0.15, -0.1) is 0 Å². The Morgan fingerprint density at radius 3 is 2.39 bits per heavy atom. The summed E-state index contributed by atoms with van der Waals surface area (Å²) in [5.74, 6) is -0.413. The lowest BCUT2D eigenvalue weighted by Gasteiger charge is -2.27. The zero-order valence-electron chi connectivity index (χ0n) is 17.7. The number of carbonyl (C=O) groups is 2. The zero-order valence-corrected chi connectivity index (χ0v) is 18.5. The third kappa shape index (κ3) is 4.38. The number of nitrogens with zero attached hydrogens (tertiary/aromatic N) is 2. The van der Waals surface area contributed by atoms with Crippen molar-refractivity contribution in [3.05, 3.63) is 29.8 Å². The summed E-state index contributed by atoms with van der Waals surface area (Å²) in [4.78, 5) is 25.6. The molecule has 0 unspecified atom stereocenters. The molecule has 1 saturated heterocycles. The van der Waals surface area contributed by atoms with Crippen LogP contribution in [0.15, 0.2) is 29.2 Å². The molecule has 0 spiro atoms. The van der Waals surface area contributed by atoms with Crippen molar-refractivity contribution in [1.82, 2.24) is 10.2 Å². The molecule has 1 aromatic rings. The Kier molecular flexibility index (Phi) is 5.39. The number of nitrogens with one attached hydrogen (secondary N) is 1. The number of nitriles is 1. The number of benzene rings is 1. The van der Waals surface area contributed by atoms with E-state index >= 15 is 0 Å². The van der Waals surface area contributed by atoms with Gasteiger partial charge in [0.15, 0.2) is 16.1 Å². The van der Waals surface area contributed by atoms with Gasteiger partial charge < -0.3 is 15.0 Å². The Morgan fingerprint density at radius 2 is 1.85 bits per heavy atom. The van der Waals surface area contributed by atoms with E-state index in [4.69, 9.17) is 10.00 Å². The predicted molar refractivity (Wildman–Crippen MR) is 107 cm³/mol. The van der Waals surface area contributed by atoms with Crippen molar-refractivity contribution in [3.63, 3.8) is 0 Å². The van der Waals surface area contributed by atoms with Gasteiger partial charge in [-0.2, -0.15) is 18.4 Å². The molecule has 0 bridgehead atoms. The first-order valence-electron chi connectivity index (χ1n) is 10.4. The van der Waals surface area contributed by atoms with Gasteiger partial charge in [0.05, 0.1) is 21.8 Å². The number of carbonyl (C=O) groups excluding carboxylic acids is 2. The van der Waals surface area contributed by atoms with Crippen LogP contribution in [-0.4, -0.2) is 48.9 Å². The lowest BCUT2D eigenvalue weighted by molar-refractivity contribution is -0.143. The number of likely N-dealkylation sites (tertiary alicyclic amines) is 1. The van der Waals surface area contributed by atoms with E-state index in [9.17, 15) is 31.2 Å². The summed E-state index contributed by atoms with van der Waals surface area (Å²) in [7, 11) is -4.52. The van der Waals surface area contributed by atoms with Crippen LogP contribution < -0.4 is 5.32 Å². The van der Waals surface area contributed by atoms with E-state index in [1.54, 1.807) is 6.92 Å². The van der Waals surface area contributed by atoms with E-state index < -0.39 is 67.4 Å². The maximum Gasteiger partial charge on any atom is 0.417 e. The third-order valence-electron chi connectivity index (χ3n) is 6.48. The number of alkyl carbamates (subject to hydrolysis) is 1. The van der Waals surface area contributed by atoms with Crippen molar-refractivity contribution in [2.45, 2.75) is 67.1 Å². The van der Waals surface area contributed by atoms with E-state index in [2.05, 4.69) is 5.32 Å². The largest absolute Gasteiger partial charge is 0.425 e. The number of amides is 2. The monoisotopic (exact) mass is 485 g/mol. The molecule has 4 rings (SSSR count). The van der Waals surface area contributed by atoms with Gasteiger partial charge in [0.1, 0.15) is 5.54 Å². The van der Waals surface area contributed by atoms with Crippen LogP contribution in [0.25, 0.3) is 0 Å². The van der Waals surface area contributed by atoms with E-state index in [1.165, 1.54) is 6.07 Å². The minimum atomic E-state index is -4.88. The average Bonchev–Trinajstić information content (AvgIpc) is 3.65. The maximum absolute atomic E-state index is 13.4. The maximum atomic E-state index is 13.4. The van der Waals surface area contributed by atoms with Gasteiger partial charge >= 0.3 is 12.3 Å². The summed E-state index contributed by atoms with van der Waals surface area (Å²) in [5.41, 5.74) is -3.04. The quantitative estimate of drug-likeness (QED) is 0.686. The van der Waals surface area contributed by atoms with E-state index in [0.717, 1.165) is 17.0 Å². The third-order valence-corrected chi connectivity index (χ3v) is 8.66. The lowest BCUT2D eigenvalue weighted by atomic mass is 10.1. The van der Waals surface area contributed by atoms with E-state index in [-0.39, 0.29) is 6.42 Å². The molecular weight excluding hydrogens is 463 g/mol. The fourth-order valence-corrected chi connectivity index (χ4v) is 5.82. The van der Waals surface area contributed by atoms with Gasteiger partial charge in [0.25, 0.3) is 0 Å². The minimum Gasteiger partial charge on any atom is -0.425 e. The highest BCUT2D eigenvalue weighted by Crippen LogP contribution is 2.48. The summed E-state index contributed by atoms with van der Waals surface area (Å²) >= 11 is 0. The van der Waals surface area contributed by atoms with Crippen molar-refractivity contribution in [1.29, 1.82) is 5.26 Å². The smallest absolute Gasteiger partial charge is 0.417 e. The van der Waals surface area contributed by atoms with E-state index in [1.807, 2.05) is 6.07 Å². The number of alkyl halides is 3. The number of rotatable bonds is 5. The SMILES string of the molecule is CC1(C(=O)N2C[C@H](S(=O)(=O)c3ccccc3C(F)(F)F)C[C@@H]2OC(=O)NC2(C#N)CC2)CC1. The summed E-state index contributed by atoms with van der Waals surface area (Å²) in [5, 5.41) is 10.2. The first kappa shape index (κ1) is 23.4. The standard InChI is InChI=1S/C21H22F3N3O5S/c1-19(6-7-19)17(28)27-11-13(10-16(27)32-18(29)26-20(12-25)8-9-20)33(30,31)15-5-3-2-4-14(15)21(22,23)24/h2-5,13,16H,6-11H2,1H3,(H,26,29)/t13-,16+/m1/s1. The highest BCUT2D eigenvalue weighted by Gasteiger charge is 2.54. The van der Waals surface area contributed by atoms with Crippen molar-refractivity contribution >= 4 is 21.8 Å². The second-order valence-electron chi connectivity index (χ2n) is 9.09. The molecule has 33 heavy (non-hydrogen) atoms. The Morgan fingerprint density at radius 1 is 1.21 bits per heavy atom. The van der Waals surface area contributed by atoms with Gasteiger partial charge in [-0.1, -0.05) is 19.1 Å². The topological polar surface area (TPSA) is 117 Å². The molecule has 8 nitrogen and oxygen atoms in total. The summed E-state index contributed by atoms with van der Waals surface area (Å²) in [6.45, 7) is 1.30. The second-order valence-corrected chi connectivity index (χ2v) is 11.3. The van der Waals surface area contributed by atoms with Crippen LogP contribution in [0.2, 0.25) is 0 Å². The van der Waals surface area contributed by atoms with Crippen molar-refractivity contribution < 1.29 is 35.9 Å². The highest BCUT2D eigenvalue weighted by molar-refractivity contribution is 7.92. The second kappa shape index (κ2) is 7.62. The molecule has 0 aromatic heterocycles. The Labute approximate surface area is 188 Å². The summed E-state index contributed by atoms with van der Waals surface area (Å²) in [6.07, 6.45) is -5.48. The molecule has 2 saturated carbocycles. The molecule has 3 aliphatic rings. The first-order valence-corrected chi connectivity index (χ1v) is 12.0. The normalized spacial score (nSPS) is 25.1. The minimum absolute atomic E-state index is 0.372. The van der Waals surface area contributed by atoms with Gasteiger partial charge in [-0.25, -0.2) is 13.2 Å². The van der Waals surface area contributed by atoms with Crippen LogP contribution in [0.4, 0.5) is 18.0 Å². The van der Waals surface area contributed by atoms with Crippen LogP contribution in [0.5, 0.6) is 0 Å². The molecule has 2 atom stereocenters. The van der Waals surface area contributed by atoms with E-state index in [0.29, 0.717) is 31.7 Å². The van der Waals surface area contributed by atoms with Crippen molar-refractivity contribution in [2.75, 3.05) is 6.54 Å². The Hall–Kier alpha value is -2.81. The fourth-order valence-electron chi connectivity index (χ4n) is 3.93. The summed E-state index contributed by atoms with van der Waals surface area (Å²) in [6, 6.07) is 5.83. The Balaban J connectivity index is 1.61. The summed E-state index contributed by atoms with van der Waals surface area (Å²) < 4.78 is 72.1. The van der Waals surface area contributed by atoms with Crippen LogP contribution in [-0.2, 0) is 25.5 Å². The number of halogens is 3. The van der Waals surface area contributed by atoms with Gasteiger partial charge in [0, 0.05) is 18.4 Å². The molecule has 1 aromatic carbocycles. The van der Waals surface area contributed by atoms with Crippen molar-refractivity contribution in [3.8, 4) is 6.07 Å². The predicted octanol–water partition coefficient (Wildman–Crippen LogP) is 2.99. The number of hydrogen-bond acceptors (Lipinski definition) is 6.